The maximum atomic E-state index is 12.8. The molecule has 3 rings (SSSR count). The summed E-state index contributed by atoms with van der Waals surface area (Å²) < 4.78 is 0. The van der Waals surface area contributed by atoms with Crippen molar-refractivity contribution in [1.82, 2.24) is 9.88 Å². The van der Waals surface area contributed by atoms with Crippen molar-refractivity contribution >= 4 is 57.4 Å². The van der Waals surface area contributed by atoms with E-state index in [0.29, 0.717) is 5.75 Å². The number of nitrogens with zero attached hydrogens (tertiary/aromatic N) is 2. The van der Waals surface area contributed by atoms with E-state index in [-0.39, 0.29) is 34.9 Å². The molecule has 0 aliphatic carbocycles. The van der Waals surface area contributed by atoms with Crippen molar-refractivity contribution in [3.8, 4) is 0 Å². The number of anilines is 1. The van der Waals surface area contributed by atoms with Crippen LogP contribution in [0.1, 0.15) is 18.5 Å². The summed E-state index contributed by atoms with van der Waals surface area (Å²) in [6.07, 6.45) is 2.21. The summed E-state index contributed by atoms with van der Waals surface area (Å²) in [4.78, 5) is 52.5. The van der Waals surface area contributed by atoms with Gasteiger partial charge in [-0.3, -0.25) is 19.3 Å². The van der Waals surface area contributed by atoms with Crippen molar-refractivity contribution in [2.75, 3.05) is 11.5 Å². The number of amides is 1. The first-order valence-corrected chi connectivity index (χ1v) is 9.77. The van der Waals surface area contributed by atoms with Crippen LogP contribution in [0.4, 0.5) is 5.13 Å². The Morgan fingerprint density at radius 2 is 2.11 bits per heavy atom. The molecule has 4 N–H and O–H groups in total. The zero-order valence-electron chi connectivity index (χ0n) is 13.8. The van der Waals surface area contributed by atoms with Crippen molar-refractivity contribution in [1.29, 1.82) is 0 Å². The molecule has 1 amide bonds. The number of hydrogen-bond donors (Lipinski definition) is 3. The summed E-state index contributed by atoms with van der Waals surface area (Å²) in [7, 11) is 0. The van der Waals surface area contributed by atoms with Crippen molar-refractivity contribution in [2.24, 2.45) is 5.92 Å². The number of carboxylic acids is 2. The molecule has 0 saturated carbocycles. The molecule has 11 heteroatoms. The number of β-lactam (4-membered cyclic amide) rings is 1. The number of hydrogen-bond acceptors (Lipinski definition) is 8. The van der Waals surface area contributed by atoms with Gasteiger partial charge in [0.15, 0.2) is 10.9 Å². The van der Waals surface area contributed by atoms with Gasteiger partial charge in [0.05, 0.1) is 23.4 Å². The van der Waals surface area contributed by atoms with Crippen LogP contribution < -0.4 is 5.73 Å². The highest BCUT2D eigenvalue weighted by atomic mass is 32.2. The number of carbonyl (C=O) groups excluding carboxylic acids is 2. The molecule has 9 nitrogen and oxygen atoms in total. The van der Waals surface area contributed by atoms with Crippen LogP contribution in [0.5, 0.6) is 0 Å². The topological polar surface area (TPSA) is 151 Å². The van der Waals surface area contributed by atoms with Crippen molar-refractivity contribution in [3.63, 3.8) is 0 Å². The minimum Gasteiger partial charge on any atom is -0.481 e. The Morgan fingerprint density at radius 1 is 1.37 bits per heavy atom. The Morgan fingerprint density at radius 3 is 2.70 bits per heavy atom. The fourth-order valence-corrected chi connectivity index (χ4v) is 4.77. The van der Waals surface area contributed by atoms with Gasteiger partial charge in [-0.05, 0) is 6.08 Å². The van der Waals surface area contributed by atoms with E-state index in [1.807, 2.05) is 0 Å². The molecule has 27 heavy (non-hydrogen) atoms. The number of aromatic nitrogens is 1. The smallest absolute Gasteiger partial charge is 0.352 e. The zero-order chi connectivity index (χ0) is 19.7. The molecule has 0 bridgehead atoms. The number of fused-ring (bicyclic) bond motifs is 1. The summed E-state index contributed by atoms with van der Waals surface area (Å²) in [5.74, 6) is -3.36. The summed E-state index contributed by atoms with van der Waals surface area (Å²) in [5, 5.41) is 19.4. The first kappa shape index (κ1) is 19.1. The van der Waals surface area contributed by atoms with Gasteiger partial charge in [-0.2, -0.15) is 0 Å². The van der Waals surface area contributed by atoms with Crippen LogP contribution in [-0.2, 0) is 19.2 Å². The molecule has 0 aromatic carbocycles. The molecule has 142 valence electrons. The highest BCUT2D eigenvalue weighted by molar-refractivity contribution is 8.00. The number of allylic oxidation sites excluding steroid dienone is 1. The van der Waals surface area contributed by atoms with Crippen LogP contribution in [0.25, 0.3) is 5.57 Å². The lowest BCUT2D eigenvalue weighted by molar-refractivity contribution is -0.153. The number of ketones is 1. The average molecular weight is 409 g/mol. The molecular formula is C16H15N3O6S2. The van der Waals surface area contributed by atoms with E-state index in [1.165, 1.54) is 28.8 Å². The maximum Gasteiger partial charge on any atom is 0.352 e. The number of thioether (sulfide) groups is 1. The van der Waals surface area contributed by atoms with E-state index in [9.17, 15) is 24.3 Å². The molecule has 2 unspecified atom stereocenters. The molecule has 1 saturated heterocycles. The van der Waals surface area contributed by atoms with Gasteiger partial charge < -0.3 is 15.9 Å². The quantitative estimate of drug-likeness (QED) is 0.443. The molecule has 2 atom stereocenters. The predicted octanol–water partition coefficient (Wildman–Crippen LogP) is 1.04. The summed E-state index contributed by atoms with van der Waals surface area (Å²) in [6, 6.07) is 0. The first-order valence-electron chi connectivity index (χ1n) is 7.84. The lowest BCUT2D eigenvalue weighted by Gasteiger charge is -2.48. The molecule has 1 aromatic rings. The predicted molar refractivity (Wildman–Crippen MR) is 98.7 cm³/mol. The Hall–Kier alpha value is -2.66. The third kappa shape index (κ3) is 3.74. The van der Waals surface area contributed by atoms with Gasteiger partial charge in [0.1, 0.15) is 5.70 Å². The number of aliphatic carboxylic acids is 2. The van der Waals surface area contributed by atoms with Gasteiger partial charge in [-0.25, -0.2) is 9.78 Å². The number of nitrogens with two attached hydrogens (primary N) is 1. The Bertz CT molecular complexity index is 890. The van der Waals surface area contributed by atoms with Gasteiger partial charge in [0, 0.05) is 23.1 Å². The minimum absolute atomic E-state index is 0.0682. The number of carboxylic acid groups (broad SMARTS) is 2. The summed E-state index contributed by atoms with van der Waals surface area (Å²) in [5.41, 5.74) is 5.90. The van der Waals surface area contributed by atoms with Crippen LogP contribution in [0.2, 0.25) is 0 Å². The maximum absolute atomic E-state index is 12.8. The van der Waals surface area contributed by atoms with Gasteiger partial charge in [0.2, 0.25) is 5.91 Å². The second-order valence-corrected chi connectivity index (χ2v) is 7.89. The number of Topliss-reactive ketones (excluding diaryl/α,β-unsaturated/α-hetero) is 1. The minimum atomic E-state index is -1.18. The third-order valence-corrected chi connectivity index (χ3v) is 6.07. The highest BCUT2D eigenvalue weighted by Crippen LogP contribution is 2.43. The lowest BCUT2D eigenvalue weighted by atomic mass is 9.88. The Kier molecular flexibility index (Phi) is 5.33. The molecule has 3 heterocycles. The zero-order valence-corrected chi connectivity index (χ0v) is 15.5. The first-order chi connectivity index (χ1) is 12.8. The standard InChI is InChI=1S/C16H15N3O6S2/c17-16-18-9(6-27-16)7(1-2-12(21)22)11(20)5-8-13(23)19-10(15(24)25)3-4-26-14(8)19/h1,3,6,8,14H,2,4-5H2,(H2,17,18)(H,21,22)(H,24,25)/b7-1-. The van der Waals surface area contributed by atoms with Crippen molar-refractivity contribution < 1.29 is 29.4 Å². The second-order valence-electron chi connectivity index (χ2n) is 5.85. The van der Waals surface area contributed by atoms with Gasteiger partial charge >= 0.3 is 11.9 Å². The summed E-state index contributed by atoms with van der Waals surface area (Å²) in [6.45, 7) is 0. The van der Waals surface area contributed by atoms with Crippen LogP contribution in [0.3, 0.4) is 0 Å². The van der Waals surface area contributed by atoms with E-state index in [4.69, 9.17) is 10.8 Å². The van der Waals surface area contributed by atoms with Crippen LogP contribution in [0.15, 0.2) is 23.2 Å². The van der Waals surface area contributed by atoms with Crippen LogP contribution >= 0.6 is 23.1 Å². The average Bonchev–Trinajstić information content (AvgIpc) is 3.04. The van der Waals surface area contributed by atoms with Crippen molar-refractivity contribution in [2.45, 2.75) is 18.2 Å². The number of rotatable bonds is 7. The van der Waals surface area contributed by atoms with Gasteiger partial charge in [-0.1, -0.05) is 6.08 Å². The van der Waals surface area contributed by atoms with Gasteiger partial charge in [-0.15, -0.1) is 23.1 Å². The van der Waals surface area contributed by atoms with E-state index in [0.717, 1.165) is 11.3 Å². The number of thiazole rings is 1. The fraction of sp³-hybridized carbons (Fsp3) is 0.312. The van der Waals surface area contributed by atoms with Crippen LogP contribution in [0, 0.1) is 5.92 Å². The molecule has 2 aliphatic rings. The highest BCUT2D eigenvalue weighted by Gasteiger charge is 2.52. The largest absolute Gasteiger partial charge is 0.481 e. The summed E-state index contributed by atoms with van der Waals surface area (Å²) >= 11 is 2.50. The van der Waals surface area contributed by atoms with E-state index in [1.54, 1.807) is 5.38 Å². The van der Waals surface area contributed by atoms with Gasteiger partial charge in [0.25, 0.3) is 0 Å². The SMILES string of the molecule is Nc1nc(/C(=C/CC(=O)O)C(=O)CC2C(=O)N3C(C(=O)O)=CCSC23)cs1. The van der Waals surface area contributed by atoms with E-state index < -0.39 is 34.9 Å². The van der Waals surface area contributed by atoms with Crippen LogP contribution in [-0.4, -0.2) is 54.9 Å². The third-order valence-electron chi connectivity index (χ3n) is 4.16. The Labute approximate surface area is 161 Å². The molecule has 0 spiro atoms. The van der Waals surface area contributed by atoms with E-state index in [2.05, 4.69) is 4.98 Å². The normalized spacial score (nSPS) is 21.9. The molecule has 1 fully saturated rings. The number of nitrogen functional groups attached to an aromatic ring is 1. The molecule has 0 radical (unpaired) electrons. The lowest BCUT2D eigenvalue weighted by Crippen LogP contribution is -2.61. The second kappa shape index (κ2) is 7.53. The molecular weight excluding hydrogens is 394 g/mol. The van der Waals surface area contributed by atoms with E-state index >= 15 is 0 Å². The molecule has 2 aliphatic heterocycles. The number of carbonyl (C=O) groups is 4. The molecule has 1 aromatic heterocycles. The Balaban J connectivity index is 1.78. The fourth-order valence-electron chi connectivity index (χ4n) is 2.94. The van der Waals surface area contributed by atoms with Crippen molar-refractivity contribution in [3.05, 3.63) is 28.9 Å². The monoisotopic (exact) mass is 409 g/mol.